The van der Waals surface area contributed by atoms with Gasteiger partial charge in [-0.15, -0.1) is 22.7 Å². The number of likely N-dealkylation sites (tertiary alicyclic amines) is 1. The average molecular weight is 320 g/mol. The second kappa shape index (κ2) is 4.90. The van der Waals surface area contributed by atoms with Crippen molar-refractivity contribution < 1.29 is 9.90 Å². The first-order valence-corrected chi connectivity index (χ1v) is 8.88. The van der Waals surface area contributed by atoms with E-state index >= 15 is 0 Å². The molecule has 0 unspecified atom stereocenters. The fraction of sp³-hybridized carbons (Fsp3) is 0.467. The zero-order valence-electron chi connectivity index (χ0n) is 11.5. The van der Waals surface area contributed by atoms with Gasteiger partial charge in [0.2, 0.25) is 5.91 Å². The average Bonchev–Trinajstić information content (AvgIpc) is 2.96. The molecule has 0 bridgehead atoms. The lowest BCUT2D eigenvalue weighted by molar-refractivity contribution is -0.158. The fourth-order valence-corrected chi connectivity index (χ4v) is 4.47. The summed E-state index contributed by atoms with van der Waals surface area (Å²) in [5.74, 6) is 0.495. The van der Waals surface area contributed by atoms with Gasteiger partial charge in [-0.1, -0.05) is 6.07 Å². The van der Waals surface area contributed by atoms with Gasteiger partial charge in [-0.3, -0.25) is 4.79 Å². The second-order valence-corrected chi connectivity index (χ2v) is 7.73. The highest BCUT2D eigenvalue weighted by Crippen LogP contribution is 2.44. The molecule has 2 aliphatic rings. The number of nitrogens with zero attached hydrogens (tertiary/aromatic N) is 2. The van der Waals surface area contributed by atoms with Crippen molar-refractivity contribution in [3.63, 3.8) is 0 Å². The van der Waals surface area contributed by atoms with Gasteiger partial charge in [0.05, 0.1) is 30.1 Å². The number of amides is 1. The third-order valence-electron chi connectivity index (χ3n) is 4.24. The molecule has 0 radical (unpaired) electrons. The van der Waals surface area contributed by atoms with Crippen LogP contribution in [0.25, 0.3) is 9.88 Å². The Morgan fingerprint density at radius 2 is 2.24 bits per heavy atom. The Labute approximate surface area is 131 Å². The predicted molar refractivity (Wildman–Crippen MR) is 83.4 cm³/mol. The fourth-order valence-electron chi connectivity index (χ4n) is 2.84. The van der Waals surface area contributed by atoms with E-state index in [0.717, 1.165) is 28.4 Å². The van der Waals surface area contributed by atoms with Crippen LogP contribution >= 0.6 is 22.7 Å². The normalized spacial score (nSPS) is 20.3. The van der Waals surface area contributed by atoms with E-state index in [2.05, 4.69) is 4.98 Å². The van der Waals surface area contributed by atoms with Gasteiger partial charge in [-0.25, -0.2) is 4.98 Å². The lowest BCUT2D eigenvalue weighted by Gasteiger charge is -2.47. The molecular weight excluding hydrogens is 304 g/mol. The van der Waals surface area contributed by atoms with E-state index in [1.807, 2.05) is 22.9 Å². The summed E-state index contributed by atoms with van der Waals surface area (Å²) >= 11 is 3.24. The Morgan fingerprint density at radius 3 is 2.90 bits per heavy atom. The maximum absolute atomic E-state index is 12.2. The monoisotopic (exact) mass is 320 g/mol. The zero-order chi connectivity index (χ0) is 14.4. The number of hydrogen-bond acceptors (Lipinski definition) is 5. The predicted octanol–water partition coefficient (Wildman–Crippen LogP) is 2.40. The molecule has 1 N–H and O–H groups in total. The largest absolute Gasteiger partial charge is 0.386 e. The lowest BCUT2D eigenvalue weighted by Crippen LogP contribution is -2.65. The lowest BCUT2D eigenvalue weighted by atomic mass is 9.88. The van der Waals surface area contributed by atoms with Crippen LogP contribution in [-0.4, -0.2) is 39.6 Å². The van der Waals surface area contributed by atoms with Crippen LogP contribution in [0.4, 0.5) is 0 Å². The molecule has 6 heteroatoms. The molecule has 1 amide bonds. The van der Waals surface area contributed by atoms with E-state index in [0.29, 0.717) is 25.4 Å². The third-order valence-corrected chi connectivity index (χ3v) is 6.17. The smallest absolute Gasteiger partial charge is 0.228 e. The second-order valence-electron chi connectivity index (χ2n) is 5.93. The molecule has 1 saturated heterocycles. The summed E-state index contributed by atoms with van der Waals surface area (Å²) < 4.78 is 0. The summed E-state index contributed by atoms with van der Waals surface area (Å²) in [5, 5.41) is 15.2. The minimum atomic E-state index is -0.597. The molecule has 2 aromatic rings. The van der Waals surface area contributed by atoms with E-state index in [1.54, 1.807) is 27.6 Å². The Balaban J connectivity index is 1.37. The molecule has 4 nitrogen and oxygen atoms in total. The molecule has 2 fully saturated rings. The first kappa shape index (κ1) is 13.4. The van der Waals surface area contributed by atoms with Crippen LogP contribution in [0.2, 0.25) is 0 Å². The molecule has 1 aliphatic carbocycles. The molecule has 4 rings (SSSR count). The van der Waals surface area contributed by atoms with Crippen molar-refractivity contribution in [3.8, 4) is 9.88 Å². The van der Waals surface area contributed by atoms with Crippen molar-refractivity contribution in [2.45, 2.75) is 24.9 Å². The molecule has 1 aliphatic heterocycles. The maximum Gasteiger partial charge on any atom is 0.228 e. The summed E-state index contributed by atoms with van der Waals surface area (Å²) in [6.07, 6.45) is 2.55. The summed E-state index contributed by atoms with van der Waals surface area (Å²) in [6.45, 7) is 0.997. The van der Waals surface area contributed by atoms with E-state index in [-0.39, 0.29) is 5.91 Å². The summed E-state index contributed by atoms with van der Waals surface area (Å²) in [6, 6.07) is 4.05. The minimum absolute atomic E-state index is 0.0726. The number of hydrogen-bond donors (Lipinski definition) is 1. The molecule has 21 heavy (non-hydrogen) atoms. The molecule has 3 heterocycles. The van der Waals surface area contributed by atoms with Crippen LogP contribution in [0.1, 0.15) is 18.5 Å². The van der Waals surface area contributed by atoms with Gasteiger partial charge in [-0.05, 0) is 30.2 Å². The van der Waals surface area contributed by atoms with Crippen LogP contribution in [0.15, 0.2) is 22.9 Å². The van der Waals surface area contributed by atoms with E-state index in [9.17, 15) is 9.90 Å². The van der Waals surface area contributed by atoms with Crippen molar-refractivity contribution in [2.24, 2.45) is 5.92 Å². The summed E-state index contributed by atoms with van der Waals surface area (Å²) in [5.41, 5.74) is 0.232. The van der Waals surface area contributed by atoms with Gasteiger partial charge >= 0.3 is 0 Å². The van der Waals surface area contributed by atoms with Crippen LogP contribution < -0.4 is 0 Å². The van der Waals surface area contributed by atoms with Crippen molar-refractivity contribution in [1.82, 2.24) is 9.88 Å². The number of aromatic nitrogens is 1. The van der Waals surface area contributed by atoms with Crippen LogP contribution in [0.5, 0.6) is 0 Å². The zero-order valence-corrected chi connectivity index (χ0v) is 13.1. The highest BCUT2D eigenvalue weighted by atomic mass is 32.1. The highest BCUT2D eigenvalue weighted by molar-refractivity contribution is 7.20. The molecule has 1 saturated carbocycles. The van der Waals surface area contributed by atoms with Crippen molar-refractivity contribution in [3.05, 3.63) is 28.6 Å². The number of rotatable bonds is 4. The SMILES string of the molecule is O=C(Cc1csc(-c2cccs2)n1)N1CC(O)(C2CC2)C1. The molecule has 110 valence electrons. The molecule has 0 atom stereocenters. The third kappa shape index (κ3) is 2.52. The van der Waals surface area contributed by atoms with Crippen LogP contribution in [-0.2, 0) is 11.2 Å². The van der Waals surface area contributed by atoms with Crippen molar-refractivity contribution in [2.75, 3.05) is 13.1 Å². The topological polar surface area (TPSA) is 53.4 Å². The quantitative estimate of drug-likeness (QED) is 0.941. The Hall–Kier alpha value is -1.24. The number of aliphatic hydroxyl groups is 1. The molecule has 2 aromatic heterocycles. The van der Waals surface area contributed by atoms with Gasteiger partial charge in [-0.2, -0.15) is 0 Å². The van der Waals surface area contributed by atoms with Crippen molar-refractivity contribution in [1.29, 1.82) is 0 Å². The number of carbonyl (C=O) groups is 1. The standard InChI is InChI=1S/C15H16N2O2S2/c18-13(17-8-15(19,9-17)10-3-4-10)6-11-7-21-14(16-11)12-2-1-5-20-12/h1-2,5,7,10,19H,3-4,6,8-9H2. The Bertz CT molecular complexity index is 655. The van der Waals surface area contributed by atoms with E-state index in [1.165, 1.54) is 0 Å². The van der Waals surface area contributed by atoms with E-state index in [4.69, 9.17) is 0 Å². The van der Waals surface area contributed by atoms with Gasteiger partial charge in [0, 0.05) is 5.38 Å². The number of thiazole rings is 1. The first-order chi connectivity index (χ1) is 10.1. The number of carbonyl (C=O) groups excluding carboxylic acids is 1. The Kier molecular flexibility index (Phi) is 3.13. The van der Waals surface area contributed by atoms with Gasteiger partial charge < -0.3 is 10.0 Å². The Morgan fingerprint density at radius 1 is 1.43 bits per heavy atom. The van der Waals surface area contributed by atoms with Gasteiger partial charge in [0.1, 0.15) is 10.6 Å². The van der Waals surface area contributed by atoms with Gasteiger partial charge in [0.15, 0.2) is 0 Å². The first-order valence-electron chi connectivity index (χ1n) is 7.12. The van der Waals surface area contributed by atoms with Crippen molar-refractivity contribution >= 4 is 28.6 Å². The molecular formula is C15H16N2O2S2. The molecule has 0 aromatic carbocycles. The van der Waals surface area contributed by atoms with Crippen LogP contribution in [0, 0.1) is 5.92 Å². The highest BCUT2D eigenvalue weighted by Gasteiger charge is 2.53. The summed E-state index contributed by atoms with van der Waals surface area (Å²) in [7, 11) is 0. The maximum atomic E-state index is 12.2. The summed E-state index contributed by atoms with van der Waals surface area (Å²) in [4.78, 5) is 19.6. The molecule has 0 spiro atoms. The minimum Gasteiger partial charge on any atom is -0.386 e. The van der Waals surface area contributed by atoms with Crippen LogP contribution in [0.3, 0.4) is 0 Å². The van der Waals surface area contributed by atoms with Gasteiger partial charge in [0.25, 0.3) is 0 Å². The number of β-amino-alcohol motifs (C(OH)–C–C–N with tert-alkyl or cyclic N) is 1. The van der Waals surface area contributed by atoms with E-state index < -0.39 is 5.60 Å². The number of thiophene rings is 1.